The van der Waals surface area contributed by atoms with Crippen molar-refractivity contribution >= 4 is 12.0 Å². The first-order valence-electron chi connectivity index (χ1n) is 14.4. The normalized spacial score (nSPS) is 30.2. The molecule has 6 nitrogen and oxygen atoms in total. The van der Waals surface area contributed by atoms with Gasteiger partial charge in [0.2, 0.25) is 5.91 Å². The quantitative estimate of drug-likeness (QED) is 0.381. The average Bonchev–Trinajstić information content (AvgIpc) is 3.64. The topological polar surface area (TPSA) is 76.7 Å². The molecule has 4 aliphatic carbocycles. The van der Waals surface area contributed by atoms with Crippen molar-refractivity contribution in [3.8, 4) is 23.7 Å². The van der Waals surface area contributed by atoms with Gasteiger partial charge >= 0.3 is 6.09 Å². The fraction of sp³-hybridized carbons (Fsp3) is 0.806. The van der Waals surface area contributed by atoms with Crippen molar-refractivity contribution in [1.82, 2.24) is 10.6 Å². The third-order valence-electron chi connectivity index (χ3n) is 8.80. The van der Waals surface area contributed by atoms with Gasteiger partial charge in [0.25, 0.3) is 0 Å². The van der Waals surface area contributed by atoms with Gasteiger partial charge in [0.1, 0.15) is 0 Å². The molecule has 4 aliphatic rings. The summed E-state index contributed by atoms with van der Waals surface area (Å²) >= 11 is 0. The first kappa shape index (κ1) is 27.8. The van der Waals surface area contributed by atoms with E-state index in [9.17, 15) is 9.59 Å². The molecule has 4 rings (SSSR count). The predicted octanol–water partition coefficient (Wildman–Crippen LogP) is 5.06. The summed E-state index contributed by atoms with van der Waals surface area (Å²) in [5, 5.41) is 6.06. The van der Waals surface area contributed by atoms with E-state index in [1.54, 1.807) is 0 Å². The number of fused-ring (bicyclic) bond motifs is 2. The van der Waals surface area contributed by atoms with E-state index in [1.807, 2.05) is 27.7 Å². The highest BCUT2D eigenvalue weighted by Crippen LogP contribution is 2.54. The van der Waals surface area contributed by atoms with Crippen molar-refractivity contribution in [3.63, 3.8) is 0 Å². The zero-order valence-electron chi connectivity index (χ0n) is 23.3. The Labute approximate surface area is 223 Å². The van der Waals surface area contributed by atoms with Crippen LogP contribution in [0.5, 0.6) is 0 Å². The van der Waals surface area contributed by atoms with Crippen molar-refractivity contribution in [2.45, 2.75) is 103 Å². The Bertz CT molecular complexity index is 914. The summed E-state index contributed by atoms with van der Waals surface area (Å²) in [6.07, 6.45) is 9.32. The third kappa shape index (κ3) is 8.41. The van der Waals surface area contributed by atoms with Crippen LogP contribution < -0.4 is 10.6 Å². The van der Waals surface area contributed by atoms with Crippen LogP contribution in [-0.2, 0) is 14.3 Å². The lowest BCUT2D eigenvalue weighted by Gasteiger charge is -2.32. The second kappa shape index (κ2) is 12.1. The van der Waals surface area contributed by atoms with E-state index in [2.05, 4.69) is 34.3 Å². The lowest BCUT2D eigenvalue weighted by atomic mass is 10.0. The number of alkyl carbamates (subject to hydrolysis) is 1. The van der Waals surface area contributed by atoms with Crippen LogP contribution in [0, 0.1) is 59.2 Å². The van der Waals surface area contributed by atoms with Crippen molar-refractivity contribution in [2.24, 2.45) is 35.5 Å². The standard InChI is InChI=1S/C31H46N2O4/c1-30(2,33-28(34)19-26-22-13-9-5-6-10-14-23(22)26)21-37-31(3,4)17-18-32-29(35)36-20-27-24-15-11-7-8-12-16-25(24)27/h22-27H,9-21H2,1-4H3,(H,32,35)(H,33,34)/t22-,23+,24-,25+,26?,27?. The van der Waals surface area contributed by atoms with Crippen LogP contribution in [0.25, 0.3) is 0 Å². The van der Waals surface area contributed by atoms with E-state index in [0.29, 0.717) is 68.1 Å². The molecule has 0 spiro atoms. The van der Waals surface area contributed by atoms with Gasteiger partial charge in [-0.2, -0.15) is 0 Å². The largest absolute Gasteiger partial charge is 0.449 e. The summed E-state index contributed by atoms with van der Waals surface area (Å²) in [6.45, 7) is 9.45. The molecule has 6 heteroatoms. The van der Waals surface area contributed by atoms with E-state index in [0.717, 1.165) is 51.4 Å². The molecule has 2 N–H and O–H groups in total. The minimum atomic E-state index is -0.457. The highest BCUT2D eigenvalue weighted by Gasteiger charge is 2.50. The number of carbonyl (C=O) groups is 2. The van der Waals surface area contributed by atoms with Gasteiger partial charge in [-0.05, 0) is 95.3 Å². The number of amides is 2. The smallest absolute Gasteiger partial charge is 0.407 e. The number of ether oxygens (including phenoxy) is 2. The van der Waals surface area contributed by atoms with Gasteiger partial charge in [-0.15, -0.1) is 23.7 Å². The van der Waals surface area contributed by atoms with Crippen LogP contribution in [0.1, 0.15) is 91.9 Å². The van der Waals surface area contributed by atoms with Crippen LogP contribution >= 0.6 is 0 Å². The van der Waals surface area contributed by atoms with Crippen molar-refractivity contribution < 1.29 is 19.1 Å². The molecule has 0 radical (unpaired) electrons. The Morgan fingerprint density at radius 1 is 0.811 bits per heavy atom. The Hall–Kier alpha value is -2.18. The minimum absolute atomic E-state index is 0.114. The van der Waals surface area contributed by atoms with E-state index >= 15 is 0 Å². The number of hydrogen-bond acceptors (Lipinski definition) is 4. The van der Waals surface area contributed by atoms with Gasteiger partial charge < -0.3 is 20.1 Å². The van der Waals surface area contributed by atoms with Gasteiger partial charge in [-0.3, -0.25) is 4.79 Å². The Balaban J connectivity index is 1.08. The molecule has 6 atom stereocenters. The molecule has 204 valence electrons. The second-order valence-electron chi connectivity index (χ2n) is 12.8. The van der Waals surface area contributed by atoms with Crippen LogP contribution in [0.3, 0.4) is 0 Å². The molecule has 2 fully saturated rings. The van der Waals surface area contributed by atoms with Crippen LogP contribution in [0.2, 0.25) is 0 Å². The van der Waals surface area contributed by atoms with E-state index in [1.165, 1.54) is 0 Å². The molecule has 0 aromatic carbocycles. The van der Waals surface area contributed by atoms with Crippen LogP contribution in [0.4, 0.5) is 4.79 Å². The summed E-state index contributed by atoms with van der Waals surface area (Å²) < 4.78 is 11.7. The first-order valence-corrected chi connectivity index (χ1v) is 14.4. The number of carbonyl (C=O) groups excluding carboxylic acids is 2. The van der Waals surface area contributed by atoms with Crippen molar-refractivity contribution in [2.75, 3.05) is 19.8 Å². The zero-order chi connectivity index (χ0) is 26.5. The highest BCUT2D eigenvalue weighted by molar-refractivity contribution is 5.77. The maximum absolute atomic E-state index is 12.8. The van der Waals surface area contributed by atoms with Crippen molar-refractivity contribution in [3.05, 3.63) is 0 Å². The van der Waals surface area contributed by atoms with E-state index in [-0.39, 0.29) is 12.0 Å². The summed E-state index contributed by atoms with van der Waals surface area (Å²) in [6, 6.07) is 0. The van der Waals surface area contributed by atoms with Crippen LogP contribution in [-0.4, -0.2) is 42.9 Å². The maximum Gasteiger partial charge on any atom is 0.407 e. The fourth-order valence-electron chi connectivity index (χ4n) is 6.44. The lowest BCUT2D eigenvalue weighted by molar-refractivity contribution is -0.125. The van der Waals surface area contributed by atoms with Gasteiger partial charge in [0.15, 0.2) is 0 Å². The fourth-order valence-corrected chi connectivity index (χ4v) is 6.44. The van der Waals surface area contributed by atoms with E-state index in [4.69, 9.17) is 9.47 Å². The number of hydrogen-bond donors (Lipinski definition) is 2. The molecular formula is C31H46N2O4. The molecule has 0 aliphatic heterocycles. The van der Waals surface area contributed by atoms with E-state index < -0.39 is 11.1 Å². The van der Waals surface area contributed by atoms with Gasteiger partial charge in [-0.25, -0.2) is 4.79 Å². The first-order chi connectivity index (χ1) is 17.7. The van der Waals surface area contributed by atoms with Crippen molar-refractivity contribution in [1.29, 1.82) is 0 Å². The summed E-state index contributed by atoms with van der Waals surface area (Å²) in [7, 11) is 0. The maximum atomic E-state index is 12.8. The molecule has 0 bridgehead atoms. The molecule has 37 heavy (non-hydrogen) atoms. The number of rotatable bonds is 11. The molecule has 0 aromatic rings. The lowest BCUT2D eigenvalue weighted by Crippen LogP contribution is -2.49. The highest BCUT2D eigenvalue weighted by atomic mass is 16.5. The number of nitrogens with one attached hydrogen (secondary N) is 2. The SMILES string of the molecule is CC(C)(COC(C)(C)CCNC(=O)OCC1[C@H]2CCC#CCC[C@@H]12)NC(=O)CC1[C@H]2CCC#CCC[C@@H]12. The molecule has 0 saturated heterocycles. The third-order valence-corrected chi connectivity index (χ3v) is 8.80. The molecular weight excluding hydrogens is 464 g/mol. The second-order valence-corrected chi connectivity index (χ2v) is 12.8. The Morgan fingerprint density at radius 2 is 1.32 bits per heavy atom. The monoisotopic (exact) mass is 510 g/mol. The Kier molecular flexibility index (Phi) is 9.12. The van der Waals surface area contributed by atoms with Gasteiger partial charge in [0.05, 0.1) is 24.4 Å². The predicted molar refractivity (Wildman–Crippen MR) is 144 cm³/mol. The molecule has 0 aromatic heterocycles. The summed E-state index contributed by atoms with van der Waals surface area (Å²) in [5.74, 6) is 16.7. The zero-order valence-corrected chi connectivity index (χ0v) is 23.3. The Morgan fingerprint density at radius 3 is 1.86 bits per heavy atom. The average molecular weight is 511 g/mol. The molecule has 2 unspecified atom stereocenters. The molecule has 2 saturated carbocycles. The van der Waals surface area contributed by atoms with Gasteiger partial charge in [0, 0.05) is 38.6 Å². The molecule has 2 amide bonds. The van der Waals surface area contributed by atoms with Gasteiger partial charge in [-0.1, -0.05) is 0 Å². The summed E-state index contributed by atoms with van der Waals surface area (Å²) in [4.78, 5) is 25.0. The van der Waals surface area contributed by atoms with Crippen LogP contribution in [0.15, 0.2) is 0 Å². The molecule has 0 heterocycles. The minimum Gasteiger partial charge on any atom is -0.449 e. The summed E-state index contributed by atoms with van der Waals surface area (Å²) in [5.41, 5.74) is -0.888.